The molecule has 1 aliphatic heterocycles. The number of carbonyl (C=O) groups excluding carboxylic acids is 2. The normalized spacial score (nSPS) is 21.6. The fourth-order valence-electron chi connectivity index (χ4n) is 5.22. The Kier molecular flexibility index (Phi) is 10.2. The monoisotopic (exact) mass is 609 g/mol. The van der Waals surface area contributed by atoms with Gasteiger partial charge in [-0.15, -0.1) is 0 Å². The molecule has 2 aromatic rings. The number of hydrogen-bond donors (Lipinski definition) is 5. The molecule has 1 atom stereocenters. The molecule has 0 unspecified atom stereocenters. The summed E-state index contributed by atoms with van der Waals surface area (Å²) < 4.78 is 0. The summed E-state index contributed by atoms with van der Waals surface area (Å²) in [6.45, 7) is 1.26. The van der Waals surface area contributed by atoms with Crippen molar-refractivity contribution in [2.45, 2.75) is 51.0 Å². The highest BCUT2D eigenvalue weighted by molar-refractivity contribution is 6.42. The van der Waals surface area contributed by atoms with Crippen LogP contribution in [0.4, 0.5) is 22.1 Å². The van der Waals surface area contributed by atoms with Crippen LogP contribution < -0.4 is 27.4 Å². The van der Waals surface area contributed by atoms with E-state index < -0.39 is 0 Å². The average molecular weight is 611 g/mol. The number of rotatable bonds is 7. The van der Waals surface area contributed by atoms with Gasteiger partial charge in [0, 0.05) is 37.1 Å². The van der Waals surface area contributed by atoms with E-state index in [0.717, 1.165) is 44.2 Å². The van der Waals surface area contributed by atoms with Crippen LogP contribution in [-0.2, 0) is 11.2 Å². The van der Waals surface area contributed by atoms with Gasteiger partial charge in [-0.3, -0.25) is 4.79 Å². The first-order valence-electron chi connectivity index (χ1n) is 13.3. The molecule has 0 radical (unpaired) electrons. The fraction of sp³-hybridized carbons (Fsp3) is 0.500. The molecule has 1 saturated heterocycles. The largest absolute Gasteiger partial charge is 0.369 e. The summed E-state index contributed by atoms with van der Waals surface area (Å²) in [5, 5.41) is 10.0. The lowest BCUT2D eigenvalue weighted by molar-refractivity contribution is -0.122. The Hall–Kier alpha value is -3.02. The van der Waals surface area contributed by atoms with Crippen LogP contribution in [0.25, 0.3) is 0 Å². The number of guanidine groups is 1. The van der Waals surface area contributed by atoms with Crippen LogP contribution in [0, 0.1) is 11.8 Å². The molecule has 0 spiro atoms. The lowest BCUT2D eigenvalue weighted by atomic mass is 9.79. The quantitative estimate of drug-likeness (QED) is 0.227. The Morgan fingerprint density at radius 3 is 2.45 bits per heavy atom. The van der Waals surface area contributed by atoms with Crippen molar-refractivity contribution >= 4 is 70.0 Å². The molecule has 4 rings (SSSR count). The first-order chi connectivity index (χ1) is 19.1. The summed E-state index contributed by atoms with van der Waals surface area (Å²) in [6.07, 6.45) is 7.25. The zero-order valence-corrected chi connectivity index (χ0v) is 24.5. The van der Waals surface area contributed by atoms with E-state index in [0.29, 0.717) is 57.8 Å². The third kappa shape index (κ3) is 7.80. The lowest BCUT2D eigenvalue weighted by Gasteiger charge is -2.33. The highest BCUT2D eigenvalue weighted by Crippen LogP contribution is 2.35. The van der Waals surface area contributed by atoms with E-state index in [-0.39, 0.29) is 29.9 Å². The number of likely N-dealkylation sites (tertiary alicyclic amines) is 1. The maximum atomic E-state index is 12.1. The maximum Gasteiger partial charge on any atom is 0.317 e. The standard InChI is InChI=1S/C26H34Cl3N9O2/c1-32-26(40)38-8-2-3-17(13-38)34-25-33-12-21(20(36-25)9-14-4-6-15(7-5-14)23(30)39)35-24(31)37-22-18(28)10-16(27)11-19(22)29/h10-12,14-15,17H,2-9,13H2,1H3,(H2,30,39)(H,32,40)(H3,31,35,37)(H,33,34,36)/t14-,15+,17-/m1/s1. The molecule has 1 aromatic heterocycles. The molecule has 2 heterocycles. The second-order valence-electron chi connectivity index (χ2n) is 10.2. The van der Waals surface area contributed by atoms with Crippen molar-refractivity contribution in [2.75, 3.05) is 30.8 Å². The van der Waals surface area contributed by atoms with E-state index in [1.807, 2.05) is 0 Å². The molecule has 2 aliphatic rings. The Morgan fingerprint density at radius 2 is 1.80 bits per heavy atom. The van der Waals surface area contributed by atoms with Gasteiger partial charge in [0.1, 0.15) is 5.69 Å². The fourth-order valence-corrected chi connectivity index (χ4v) is 6.13. The van der Waals surface area contributed by atoms with Crippen LogP contribution in [0.5, 0.6) is 0 Å². The number of aromatic nitrogens is 2. The molecule has 1 saturated carbocycles. The van der Waals surface area contributed by atoms with Gasteiger partial charge in [0.15, 0.2) is 5.96 Å². The second kappa shape index (κ2) is 13.6. The Balaban J connectivity index is 1.55. The molecule has 14 heteroatoms. The average Bonchev–Trinajstić information content (AvgIpc) is 2.92. The van der Waals surface area contributed by atoms with Crippen molar-refractivity contribution in [1.82, 2.24) is 20.2 Å². The molecule has 2 fully saturated rings. The summed E-state index contributed by atoms with van der Waals surface area (Å²) in [7, 11) is 1.63. The van der Waals surface area contributed by atoms with Gasteiger partial charge >= 0.3 is 6.03 Å². The molecule has 216 valence electrons. The van der Waals surface area contributed by atoms with E-state index in [9.17, 15) is 9.59 Å². The summed E-state index contributed by atoms with van der Waals surface area (Å²) in [5.41, 5.74) is 13.4. The number of piperidine rings is 1. The van der Waals surface area contributed by atoms with Crippen molar-refractivity contribution in [2.24, 2.45) is 28.3 Å². The number of primary amides is 1. The zero-order chi connectivity index (χ0) is 28.8. The number of hydrogen-bond acceptors (Lipinski definition) is 6. The molecule has 3 amide bonds. The zero-order valence-electron chi connectivity index (χ0n) is 22.2. The number of nitrogens with one attached hydrogen (secondary N) is 3. The van der Waals surface area contributed by atoms with Gasteiger partial charge < -0.3 is 32.3 Å². The van der Waals surface area contributed by atoms with Crippen molar-refractivity contribution in [3.05, 3.63) is 39.1 Å². The maximum absolute atomic E-state index is 12.1. The number of benzene rings is 1. The van der Waals surface area contributed by atoms with Crippen molar-refractivity contribution < 1.29 is 9.59 Å². The Bertz CT molecular complexity index is 1240. The smallest absolute Gasteiger partial charge is 0.317 e. The van der Waals surface area contributed by atoms with Crippen LogP contribution in [-0.4, -0.2) is 58.9 Å². The highest BCUT2D eigenvalue weighted by atomic mass is 35.5. The summed E-state index contributed by atoms with van der Waals surface area (Å²) in [5.74, 6) is 0.495. The number of nitrogens with zero attached hydrogens (tertiary/aromatic N) is 4. The number of carbonyl (C=O) groups is 2. The van der Waals surface area contributed by atoms with Crippen molar-refractivity contribution in [3.63, 3.8) is 0 Å². The van der Waals surface area contributed by atoms with Gasteiger partial charge in [0.2, 0.25) is 11.9 Å². The Morgan fingerprint density at radius 1 is 1.10 bits per heavy atom. The first-order valence-corrected chi connectivity index (χ1v) is 14.4. The van der Waals surface area contributed by atoms with Gasteiger partial charge in [-0.2, -0.15) is 0 Å². The van der Waals surface area contributed by atoms with E-state index in [4.69, 9.17) is 51.3 Å². The molecule has 11 nitrogen and oxygen atoms in total. The second-order valence-corrected chi connectivity index (χ2v) is 11.5. The molecular weight excluding hydrogens is 577 g/mol. The highest BCUT2D eigenvalue weighted by Gasteiger charge is 2.27. The lowest BCUT2D eigenvalue weighted by Crippen LogP contribution is -2.48. The third-order valence-corrected chi connectivity index (χ3v) is 8.15. The minimum atomic E-state index is -0.242. The van der Waals surface area contributed by atoms with Crippen LogP contribution in [0.3, 0.4) is 0 Å². The van der Waals surface area contributed by atoms with Gasteiger partial charge in [-0.25, -0.2) is 19.8 Å². The molecule has 1 aliphatic carbocycles. The predicted octanol–water partition coefficient (Wildman–Crippen LogP) is 4.55. The molecule has 40 heavy (non-hydrogen) atoms. The summed E-state index contributed by atoms with van der Waals surface area (Å²) in [6, 6.07) is 3.02. The minimum absolute atomic E-state index is 0.0141. The van der Waals surface area contributed by atoms with E-state index in [2.05, 4.69) is 25.9 Å². The van der Waals surface area contributed by atoms with E-state index in [1.165, 1.54) is 0 Å². The van der Waals surface area contributed by atoms with Gasteiger partial charge in [0.25, 0.3) is 0 Å². The van der Waals surface area contributed by atoms with Crippen LogP contribution in [0.2, 0.25) is 15.1 Å². The van der Waals surface area contributed by atoms with Crippen LogP contribution in [0.1, 0.15) is 44.2 Å². The van der Waals surface area contributed by atoms with Crippen molar-refractivity contribution in [3.8, 4) is 0 Å². The van der Waals surface area contributed by atoms with Gasteiger partial charge in [0.05, 0.1) is 27.6 Å². The van der Waals surface area contributed by atoms with Crippen LogP contribution in [0.15, 0.2) is 23.3 Å². The molecule has 7 N–H and O–H groups in total. The first kappa shape index (κ1) is 30.0. The Labute approximate surface area is 248 Å². The number of anilines is 2. The number of urea groups is 1. The van der Waals surface area contributed by atoms with Gasteiger partial charge in [-0.05, 0) is 63.0 Å². The van der Waals surface area contributed by atoms with E-state index in [1.54, 1.807) is 30.3 Å². The number of nitrogens with two attached hydrogens (primary N) is 2. The summed E-state index contributed by atoms with van der Waals surface area (Å²) >= 11 is 18.6. The van der Waals surface area contributed by atoms with Gasteiger partial charge in [-0.1, -0.05) is 34.8 Å². The number of halogens is 3. The number of amides is 3. The SMILES string of the molecule is CNC(=O)N1CCC[C@@H](Nc2ncc(/N=C(\N)Nc3c(Cl)cc(Cl)cc3Cl)c(C[C@H]3CC[C@@H](C(N)=O)CC3)n2)C1. The molecule has 1 aromatic carbocycles. The van der Waals surface area contributed by atoms with E-state index >= 15 is 0 Å². The molecule has 0 bridgehead atoms. The molecular formula is C26H34Cl3N9O2. The number of aliphatic imine (C=N–C) groups is 1. The van der Waals surface area contributed by atoms with Crippen molar-refractivity contribution in [1.29, 1.82) is 0 Å². The summed E-state index contributed by atoms with van der Waals surface area (Å²) in [4.78, 5) is 39.4. The minimum Gasteiger partial charge on any atom is -0.369 e. The van der Waals surface area contributed by atoms with Crippen LogP contribution >= 0.6 is 34.8 Å². The topological polar surface area (TPSA) is 164 Å². The third-order valence-electron chi connectivity index (χ3n) is 7.33. The predicted molar refractivity (Wildman–Crippen MR) is 159 cm³/mol.